The Morgan fingerprint density at radius 2 is 1.76 bits per heavy atom. The first kappa shape index (κ1) is 25.7. The quantitative estimate of drug-likeness (QED) is 0.404. The molecule has 0 aliphatic heterocycles. The Hall–Kier alpha value is -2.94. The molecule has 0 N–H and O–H groups in total. The molecule has 5 rings (SSSR count). The standard InChI is InChI=1S/C34H40O3/c1-20-19-28(32-30(21(2)35)31(32)22-11-15-24(16-12-22)34(3,4)5)26-9-7-8-10-27(26)29(20)33(36)23-13-17-25(37-6)18-14-23/h7-13,15,17,20,24,28-30H,14,16,18-19H2,1-6H3/t20-,24?,28?,29?,30?/m0/s1. The van der Waals surface area contributed by atoms with Gasteiger partial charge in [-0.1, -0.05) is 76.3 Å². The van der Waals surface area contributed by atoms with Crippen molar-refractivity contribution in [3.8, 4) is 0 Å². The Kier molecular flexibility index (Phi) is 6.77. The number of rotatable bonds is 6. The van der Waals surface area contributed by atoms with Crippen molar-refractivity contribution in [2.24, 2.45) is 23.2 Å². The van der Waals surface area contributed by atoms with E-state index in [0.29, 0.717) is 5.92 Å². The number of ether oxygens (including phenoxy) is 1. The summed E-state index contributed by atoms with van der Waals surface area (Å²) in [4.78, 5) is 26.6. The predicted molar refractivity (Wildman–Crippen MR) is 149 cm³/mol. The zero-order valence-corrected chi connectivity index (χ0v) is 23.1. The average Bonchev–Trinajstić information content (AvgIpc) is 3.63. The maximum absolute atomic E-state index is 13.8. The van der Waals surface area contributed by atoms with Gasteiger partial charge in [0, 0.05) is 18.3 Å². The van der Waals surface area contributed by atoms with Gasteiger partial charge >= 0.3 is 0 Å². The van der Waals surface area contributed by atoms with E-state index in [-0.39, 0.29) is 40.7 Å². The molecule has 1 aromatic rings. The highest BCUT2D eigenvalue weighted by atomic mass is 16.5. The summed E-state index contributed by atoms with van der Waals surface area (Å²) in [6, 6.07) is 8.46. The summed E-state index contributed by atoms with van der Waals surface area (Å²) in [6.45, 7) is 10.8. The van der Waals surface area contributed by atoms with Crippen LogP contribution in [0.3, 0.4) is 0 Å². The van der Waals surface area contributed by atoms with Gasteiger partial charge in [-0.05, 0) is 82.9 Å². The number of benzene rings is 1. The highest BCUT2D eigenvalue weighted by Crippen LogP contribution is 2.58. The maximum atomic E-state index is 13.8. The molecule has 1 aromatic carbocycles. The van der Waals surface area contributed by atoms with Crippen LogP contribution < -0.4 is 0 Å². The van der Waals surface area contributed by atoms with Crippen LogP contribution in [-0.2, 0) is 14.3 Å². The lowest BCUT2D eigenvalue weighted by Crippen LogP contribution is -2.29. The third-order valence-corrected chi connectivity index (χ3v) is 8.99. The van der Waals surface area contributed by atoms with Gasteiger partial charge in [0.15, 0.2) is 5.78 Å². The van der Waals surface area contributed by atoms with Crippen molar-refractivity contribution in [1.82, 2.24) is 0 Å². The van der Waals surface area contributed by atoms with Gasteiger partial charge in [-0.15, -0.1) is 0 Å². The van der Waals surface area contributed by atoms with Gasteiger partial charge in [0.2, 0.25) is 0 Å². The van der Waals surface area contributed by atoms with Crippen molar-refractivity contribution in [2.75, 3.05) is 7.11 Å². The molecule has 0 bridgehead atoms. The van der Waals surface area contributed by atoms with Crippen LogP contribution in [0.1, 0.15) is 83.3 Å². The molecule has 0 saturated heterocycles. The molecule has 37 heavy (non-hydrogen) atoms. The molecular weight excluding hydrogens is 456 g/mol. The van der Waals surface area contributed by atoms with Crippen LogP contribution in [0.2, 0.25) is 0 Å². The third kappa shape index (κ3) is 4.74. The average molecular weight is 497 g/mol. The van der Waals surface area contributed by atoms with Crippen molar-refractivity contribution < 1.29 is 14.3 Å². The largest absolute Gasteiger partial charge is 0.501 e. The monoisotopic (exact) mass is 496 g/mol. The van der Waals surface area contributed by atoms with E-state index in [9.17, 15) is 9.59 Å². The minimum atomic E-state index is -0.142. The molecular formula is C34H40O3. The molecule has 194 valence electrons. The van der Waals surface area contributed by atoms with Gasteiger partial charge in [0.1, 0.15) is 5.78 Å². The second-order valence-electron chi connectivity index (χ2n) is 12.4. The van der Waals surface area contributed by atoms with Crippen LogP contribution in [0.4, 0.5) is 0 Å². The Morgan fingerprint density at radius 3 is 2.32 bits per heavy atom. The van der Waals surface area contributed by atoms with E-state index in [0.717, 1.165) is 42.6 Å². The fourth-order valence-electron chi connectivity index (χ4n) is 6.79. The molecule has 3 heteroatoms. The summed E-state index contributed by atoms with van der Waals surface area (Å²) in [5.41, 5.74) is 7.24. The van der Waals surface area contributed by atoms with Crippen molar-refractivity contribution in [2.45, 2.75) is 72.1 Å². The van der Waals surface area contributed by atoms with Crippen LogP contribution in [-0.4, -0.2) is 18.7 Å². The fourth-order valence-corrected chi connectivity index (χ4v) is 6.79. The van der Waals surface area contributed by atoms with Crippen LogP contribution in [0.15, 0.2) is 82.7 Å². The number of methoxy groups -OCH3 is 1. The minimum absolute atomic E-state index is 0.0850. The molecule has 4 aliphatic carbocycles. The molecule has 5 atom stereocenters. The Bertz CT molecular complexity index is 1280. The van der Waals surface area contributed by atoms with Crippen LogP contribution in [0.25, 0.3) is 0 Å². The van der Waals surface area contributed by atoms with Gasteiger partial charge in [-0.25, -0.2) is 0 Å². The topological polar surface area (TPSA) is 43.4 Å². The number of hydrogen-bond acceptors (Lipinski definition) is 3. The first-order chi connectivity index (χ1) is 17.6. The lowest BCUT2D eigenvalue weighted by atomic mass is 9.67. The summed E-state index contributed by atoms with van der Waals surface area (Å²) in [7, 11) is 1.68. The number of fused-ring (bicyclic) bond motifs is 1. The number of Topliss-reactive ketones (excluding diaryl/α,β-unsaturated/α-hetero) is 2. The van der Waals surface area contributed by atoms with Crippen molar-refractivity contribution in [3.05, 3.63) is 93.8 Å². The maximum Gasteiger partial charge on any atom is 0.166 e. The minimum Gasteiger partial charge on any atom is -0.501 e. The third-order valence-electron chi connectivity index (χ3n) is 8.99. The number of allylic oxidation sites excluding steroid dienone is 10. The fraction of sp³-hybridized carbons (Fsp3) is 0.471. The van der Waals surface area contributed by atoms with E-state index in [4.69, 9.17) is 4.74 Å². The number of carbonyl (C=O) groups excluding carboxylic acids is 2. The zero-order chi connectivity index (χ0) is 26.5. The van der Waals surface area contributed by atoms with Gasteiger partial charge < -0.3 is 4.74 Å². The Balaban J connectivity index is 1.48. The van der Waals surface area contributed by atoms with Crippen molar-refractivity contribution in [1.29, 1.82) is 0 Å². The van der Waals surface area contributed by atoms with Gasteiger partial charge in [-0.2, -0.15) is 0 Å². The van der Waals surface area contributed by atoms with E-state index in [1.54, 1.807) is 14.0 Å². The zero-order valence-electron chi connectivity index (χ0n) is 23.1. The number of ketones is 2. The lowest BCUT2D eigenvalue weighted by Gasteiger charge is -2.36. The summed E-state index contributed by atoms with van der Waals surface area (Å²) < 4.78 is 5.36. The van der Waals surface area contributed by atoms with Gasteiger partial charge in [0.25, 0.3) is 0 Å². The van der Waals surface area contributed by atoms with Crippen LogP contribution >= 0.6 is 0 Å². The smallest absolute Gasteiger partial charge is 0.166 e. The summed E-state index contributed by atoms with van der Waals surface area (Å²) in [6.07, 6.45) is 14.2. The molecule has 0 saturated carbocycles. The second-order valence-corrected chi connectivity index (χ2v) is 12.4. The Labute approximate surface area is 222 Å². The molecule has 4 aliphatic rings. The molecule has 0 spiro atoms. The second kappa shape index (κ2) is 9.74. The summed E-state index contributed by atoms with van der Waals surface area (Å²) >= 11 is 0. The summed E-state index contributed by atoms with van der Waals surface area (Å²) in [5, 5.41) is 0. The van der Waals surface area contributed by atoms with Crippen molar-refractivity contribution in [3.63, 3.8) is 0 Å². The number of carbonyl (C=O) groups is 2. The molecule has 0 fully saturated rings. The predicted octanol–water partition coefficient (Wildman–Crippen LogP) is 7.78. The number of hydrogen-bond donors (Lipinski definition) is 0. The first-order valence-electron chi connectivity index (χ1n) is 13.8. The van der Waals surface area contributed by atoms with E-state index in [2.05, 4.69) is 70.2 Å². The molecule has 0 aromatic heterocycles. The SMILES string of the molecule is COC1=CC=C(C(=O)C2c3ccccc3C(C3=C(C4=CCC(C(C)(C)C)C=C4)C3C(C)=O)C[C@@H]2C)CC1. The van der Waals surface area contributed by atoms with Crippen LogP contribution in [0, 0.1) is 23.2 Å². The van der Waals surface area contributed by atoms with Gasteiger partial charge in [-0.3, -0.25) is 9.59 Å². The highest BCUT2D eigenvalue weighted by Gasteiger charge is 2.49. The van der Waals surface area contributed by atoms with Crippen LogP contribution in [0.5, 0.6) is 0 Å². The van der Waals surface area contributed by atoms with Gasteiger partial charge in [0.05, 0.1) is 18.8 Å². The molecule has 3 nitrogen and oxygen atoms in total. The van der Waals surface area contributed by atoms with E-state index < -0.39 is 0 Å². The molecule has 4 unspecified atom stereocenters. The van der Waals surface area contributed by atoms with Crippen molar-refractivity contribution >= 4 is 11.6 Å². The first-order valence-corrected chi connectivity index (χ1v) is 13.8. The van der Waals surface area contributed by atoms with E-state index in [1.165, 1.54) is 22.3 Å². The molecule has 0 heterocycles. The molecule has 0 radical (unpaired) electrons. The summed E-state index contributed by atoms with van der Waals surface area (Å²) in [5.74, 6) is 2.07. The highest BCUT2D eigenvalue weighted by molar-refractivity contribution is 6.01. The van der Waals surface area contributed by atoms with E-state index in [1.807, 2.05) is 12.2 Å². The Morgan fingerprint density at radius 1 is 1.03 bits per heavy atom. The molecule has 0 amide bonds. The lowest BCUT2D eigenvalue weighted by molar-refractivity contribution is -0.119. The van der Waals surface area contributed by atoms with E-state index >= 15 is 0 Å². The normalized spacial score (nSPS) is 29.1.